The molecule has 6 heteroatoms. The Balaban J connectivity index is 1.75. The summed E-state index contributed by atoms with van der Waals surface area (Å²) < 4.78 is 6.31. The maximum absolute atomic E-state index is 12.1. The molecule has 0 radical (unpaired) electrons. The first kappa shape index (κ1) is 14.1. The normalized spacial score (nSPS) is 16.4. The van der Waals surface area contributed by atoms with Crippen molar-refractivity contribution in [3.63, 3.8) is 0 Å². The van der Waals surface area contributed by atoms with E-state index in [9.17, 15) is 14.7 Å². The average molecular weight is 352 g/mol. The number of carbonyl (C=O) groups is 2. The van der Waals surface area contributed by atoms with Crippen LogP contribution in [0.1, 0.15) is 29.8 Å². The van der Waals surface area contributed by atoms with Crippen LogP contribution in [0.15, 0.2) is 33.2 Å². The van der Waals surface area contributed by atoms with E-state index >= 15 is 0 Å². The smallest absolute Gasteiger partial charge is 0.311 e. The van der Waals surface area contributed by atoms with Gasteiger partial charge in [0, 0.05) is 11.9 Å². The lowest BCUT2D eigenvalue weighted by Crippen LogP contribution is -2.47. The van der Waals surface area contributed by atoms with Crippen LogP contribution in [0.25, 0.3) is 11.0 Å². The number of fused-ring (bicyclic) bond motifs is 1. The van der Waals surface area contributed by atoms with Gasteiger partial charge < -0.3 is 14.8 Å². The van der Waals surface area contributed by atoms with Crippen LogP contribution >= 0.6 is 15.9 Å². The molecular weight excluding hydrogens is 338 g/mol. The number of hydrogen-bond acceptors (Lipinski definition) is 3. The highest BCUT2D eigenvalue weighted by molar-refractivity contribution is 9.10. The van der Waals surface area contributed by atoms with Crippen LogP contribution in [0.3, 0.4) is 0 Å². The summed E-state index contributed by atoms with van der Waals surface area (Å²) in [5.41, 5.74) is -0.193. The van der Waals surface area contributed by atoms with Gasteiger partial charge in [-0.25, -0.2) is 0 Å². The van der Waals surface area contributed by atoms with Crippen molar-refractivity contribution in [2.45, 2.75) is 19.3 Å². The Hall–Kier alpha value is -1.82. The minimum atomic E-state index is -0.846. The Labute approximate surface area is 129 Å². The third-order valence-electron chi connectivity index (χ3n) is 4.07. The number of hydrogen-bond donors (Lipinski definition) is 2. The Morgan fingerprint density at radius 2 is 2.14 bits per heavy atom. The van der Waals surface area contributed by atoms with Crippen molar-refractivity contribution in [1.82, 2.24) is 5.32 Å². The molecule has 110 valence electrons. The maximum Gasteiger partial charge on any atom is 0.311 e. The van der Waals surface area contributed by atoms with Crippen LogP contribution in [-0.2, 0) is 4.79 Å². The SMILES string of the molecule is O=C(NCC1(C(=O)O)CCC1)c1cc2cccc(Br)c2o1. The summed E-state index contributed by atoms with van der Waals surface area (Å²) in [6.07, 6.45) is 2.10. The summed E-state index contributed by atoms with van der Waals surface area (Å²) >= 11 is 3.37. The average Bonchev–Trinajstić information content (AvgIpc) is 2.82. The molecule has 1 aliphatic rings. The third kappa shape index (κ3) is 2.44. The highest BCUT2D eigenvalue weighted by Crippen LogP contribution is 2.40. The van der Waals surface area contributed by atoms with Crippen LogP contribution in [0.4, 0.5) is 0 Å². The lowest BCUT2D eigenvalue weighted by atomic mass is 9.69. The second-order valence-corrected chi connectivity index (χ2v) is 6.24. The van der Waals surface area contributed by atoms with Crippen molar-refractivity contribution >= 4 is 38.8 Å². The fourth-order valence-electron chi connectivity index (χ4n) is 2.55. The molecule has 1 fully saturated rings. The summed E-state index contributed by atoms with van der Waals surface area (Å²) in [5, 5.41) is 12.7. The molecular formula is C15H14BrNO4. The van der Waals surface area contributed by atoms with E-state index in [0.717, 1.165) is 16.3 Å². The highest BCUT2D eigenvalue weighted by atomic mass is 79.9. The second-order valence-electron chi connectivity index (χ2n) is 5.39. The van der Waals surface area contributed by atoms with Gasteiger partial charge in [-0.05, 0) is 40.9 Å². The Kier molecular flexibility index (Phi) is 3.49. The minimum absolute atomic E-state index is 0.138. The Bertz CT molecular complexity index is 718. The number of aliphatic carboxylic acids is 1. The van der Waals surface area contributed by atoms with Crippen molar-refractivity contribution in [1.29, 1.82) is 0 Å². The molecule has 0 saturated heterocycles. The largest absolute Gasteiger partial charge is 0.481 e. The molecule has 1 aromatic carbocycles. The second kappa shape index (κ2) is 5.18. The Morgan fingerprint density at radius 1 is 1.38 bits per heavy atom. The number of carboxylic acids is 1. The first-order valence-electron chi connectivity index (χ1n) is 6.71. The van der Waals surface area contributed by atoms with Gasteiger partial charge in [-0.2, -0.15) is 0 Å². The lowest BCUT2D eigenvalue weighted by molar-refractivity contribution is -0.153. The first-order valence-corrected chi connectivity index (χ1v) is 7.51. The van der Waals surface area contributed by atoms with Crippen LogP contribution in [-0.4, -0.2) is 23.5 Å². The zero-order valence-electron chi connectivity index (χ0n) is 11.2. The van der Waals surface area contributed by atoms with E-state index in [0.29, 0.717) is 18.4 Å². The summed E-state index contributed by atoms with van der Waals surface area (Å²) in [6, 6.07) is 7.20. The van der Waals surface area contributed by atoms with Gasteiger partial charge in [-0.1, -0.05) is 18.6 Å². The van der Waals surface area contributed by atoms with E-state index in [4.69, 9.17) is 4.42 Å². The van der Waals surface area contributed by atoms with Crippen molar-refractivity contribution in [3.05, 3.63) is 34.5 Å². The number of para-hydroxylation sites is 1. The van der Waals surface area contributed by atoms with Crippen molar-refractivity contribution in [3.8, 4) is 0 Å². The van der Waals surface area contributed by atoms with Crippen LogP contribution in [0.5, 0.6) is 0 Å². The molecule has 1 aromatic heterocycles. The van der Waals surface area contributed by atoms with Crippen molar-refractivity contribution < 1.29 is 19.1 Å². The van der Waals surface area contributed by atoms with Gasteiger partial charge in [-0.3, -0.25) is 9.59 Å². The van der Waals surface area contributed by atoms with Crippen LogP contribution in [0, 0.1) is 5.41 Å². The van der Waals surface area contributed by atoms with Crippen molar-refractivity contribution in [2.75, 3.05) is 6.54 Å². The van der Waals surface area contributed by atoms with Gasteiger partial charge in [0.15, 0.2) is 5.76 Å². The topological polar surface area (TPSA) is 79.5 Å². The number of amides is 1. The summed E-state index contributed by atoms with van der Waals surface area (Å²) in [6.45, 7) is 0.138. The molecule has 0 aliphatic heterocycles. The van der Waals surface area contributed by atoms with E-state index in [1.807, 2.05) is 18.2 Å². The first-order chi connectivity index (χ1) is 10.0. The molecule has 5 nitrogen and oxygen atoms in total. The molecule has 2 aromatic rings. The van der Waals surface area contributed by atoms with Gasteiger partial charge in [0.2, 0.25) is 0 Å². The number of halogens is 1. The summed E-state index contributed by atoms with van der Waals surface area (Å²) in [5.74, 6) is -1.04. The van der Waals surface area contributed by atoms with E-state index in [2.05, 4.69) is 21.2 Å². The molecule has 0 atom stereocenters. The lowest BCUT2D eigenvalue weighted by Gasteiger charge is -2.37. The number of benzene rings is 1. The van der Waals surface area contributed by atoms with Crippen molar-refractivity contribution in [2.24, 2.45) is 5.41 Å². The fraction of sp³-hybridized carbons (Fsp3) is 0.333. The minimum Gasteiger partial charge on any atom is -0.481 e. The number of carbonyl (C=O) groups excluding carboxylic acids is 1. The molecule has 1 aliphatic carbocycles. The third-order valence-corrected chi connectivity index (χ3v) is 4.70. The number of carboxylic acid groups (broad SMARTS) is 1. The zero-order valence-corrected chi connectivity index (χ0v) is 12.8. The van der Waals surface area contributed by atoms with Gasteiger partial charge >= 0.3 is 5.97 Å². The maximum atomic E-state index is 12.1. The van der Waals surface area contributed by atoms with Gasteiger partial charge in [-0.15, -0.1) is 0 Å². The van der Waals surface area contributed by atoms with Gasteiger partial charge in [0.25, 0.3) is 5.91 Å². The standard InChI is InChI=1S/C15H14BrNO4/c16-10-4-1-3-9-7-11(21-12(9)10)13(18)17-8-15(14(19)20)5-2-6-15/h1,3-4,7H,2,5-6,8H2,(H,17,18)(H,19,20). The number of furan rings is 1. The molecule has 0 unspecified atom stereocenters. The van der Waals surface area contributed by atoms with Crippen LogP contribution in [0.2, 0.25) is 0 Å². The predicted octanol–water partition coefficient (Wildman–Crippen LogP) is 3.18. The number of nitrogens with one attached hydrogen (secondary N) is 1. The van der Waals surface area contributed by atoms with E-state index < -0.39 is 11.4 Å². The molecule has 1 saturated carbocycles. The van der Waals surface area contributed by atoms with E-state index in [1.165, 1.54) is 0 Å². The summed E-state index contributed by atoms with van der Waals surface area (Å²) in [4.78, 5) is 23.4. The molecule has 1 amide bonds. The quantitative estimate of drug-likeness (QED) is 0.886. The van der Waals surface area contributed by atoms with E-state index in [-0.39, 0.29) is 18.2 Å². The van der Waals surface area contributed by atoms with E-state index in [1.54, 1.807) is 6.07 Å². The number of rotatable bonds is 4. The molecule has 0 spiro atoms. The Morgan fingerprint density at radius 3 is 2.71 bits per heavy atom. The fourth-order valence-corrected chi connectivity index (χ4v) is 3.01. The molecule has 21 heavy (non-hydrogen) atoms. The van der Waals surface area contributed by atoms with Crippen LogP contribution < -0.4 is 5.32 Å². The monoisotopic (exact) mass is 351 g/mol. The molecule has 3 rings (SSSR count). The van der Waals surface area contributed by atoms with Gasteiger partial charge in [0.05, 0.1) is 9.89 Å². The predicted molar refractivity (Wildman–Crippen MR) is 80.2 cm³/mol. The molecule has 1 heterocycles. The molecule has 2 N–H and O–H groups in total. The zero-order chi connectivity index (χ0) is 15.0. The summed E-state index contributed by atoms with van der Waals surface area (Å²) in [7, 11) is 0. The molecule has 0 bridgehead atoms. The highest BCUT2D eigenvalue weighted by Gasteiger charge is 2.44. The van der Waals surface area contributed by atoms with Gasteiger partial charge in [0.1, 0.15) is 5.58 Å².